The Morgan fingerprint density at radius 2 is 1.65 bits per heavy atom. The van der Waals surface area contributed by atoms with Crippen molar-refractivity contribution in [2.75, 3.05) is 5.32 Å². The number of nitrogens with one attached hydrogen (secondary N) is 1. The van der Waals surface area contributed by atoms with E-state index in [0.29, 0.717) is 16.4 Å². The molecule has 0 aliphatic carbocycles. The van der Waals surface area contributed by atoms with Crippen LogP contribution in [-0.4, -0.2) is 30.3 Å². The van der Waals surface area contributed by atoms with E-state index < -0.39 is 11.5 Å². The lowest BCUT2D eigenvalue weighted by molar-refractivity contribution is 0.101. The molecule has 34 heavy (non-hydrogen) atoms. The summed E-state index contributed by atoms with van der Waals surface area (Å²) in [6, 6.07) is 23.6. The standard InChI is InChI=1S/C25H19ClN6O2/c1-16-7-13-20(14-8-16)32-25-29-28-21(15-17-9-11-18(26)12-10-17)24(34)31(25)22(30-32)23(33)27-19-5-3-2-4-6-19/h2-14H,15H2,1H3,(H,27,33). The highest BCUT2D eigenvalue weighted by Gasteiger charge is 2.23. The molecule has 0 aliphatic heterocycles. The number of halogens is 1. The molecule has 0 saturated carbocycles. The summed E-state index contributed by atoms with van der Waals surface area (Å²) in [4.78, 5) is 26.7. The van der Waals surface area contributed by atoms with E-state index in [0.717, 1.165) is 11.1 Å². The summed E-state index contributed by atoms with van der Waals surface area (Å²) in [5, 5.41) is 16.3. The molecular weight excluding hydrogens is 452 g/mol. The van der Waals surface area contributed by atoms with Crippen molar-refractivity contribution in [2.24, 2.45) is 0 Å². The molecule has 0 fully saturated rings. The number of hydrogen-bond acceptors (Lipinski definition) is 5. The summed E-state index contributed by atoms with van der Waals surface area (Å²) < 4.78 is 2.65. The predicted octanol–water partition coefficient (Wildman–Crippen LogP) is 4.08. The average molecular weight is 471 g/mol. The van der Waals surface area contributed by atoms with Gasteiger partial charge in [-0.2, -0.15) is 4.68 Å². The van der Waals surface area contributed by atoms with Crippen LogP contribution in [0.5, 0.6) is 0 Å². The van der Waals surface area contributed by atoms with Gasteiger partial charge in [-0.05, 0) is 48.9 Å². The lowest BCUT2D eigenvalue weighted by Crippen LogP contribution is -2.26. The number of hydrogen-bond donors (Lipinski definition) is 1. The first kappa shape index (κ1) is 21.5. The van der Waals surface area contributed by atoms with E-state index >= 15 is 0 Å². The van der Waals surface area contributed by atoms with Crippen LogP contribution >= 0.6 is 11.6 Å². The Morgan fingerprint density at radius 3 is 2.35 bits per heavy atom. The van der Waals surface area contributed by atoms with E-state index in [9.17, 15) is 9.59 Å². The van der Waals surface area contributed by atoms with Crippen LogP contribution < -0.4 is 10.9 Å². The Kier molecular flexibility index (Phi) is 5.65. The Morgan fingerprint density at radius 1 is 0.941 bits per heavy atom. The van der Waals surface area contributed by atoms with Gasteiger partial charge in [0.15, 0.2) is 0 Å². The van der Waals surface area contributed by atoms with Crippen molar-refractivity contribution in [2.45, 2.75) is 13.3 Å². The summed E-state index contributed by atoms with van der Waals surface area (Å²) in [5.41, 5.74) is 2.88. The summed E-state index contributed by atoms with van der Waals surface area (Å²) in [6.45, 7) is 1.97. The molecule has 1 N–H and O–H groups in total. The number of para-hydroxylation sites is 1. The van der Waals surface area contributed by atoms with E-state index in [1.165, 1.54) is 9.08 Å². The SMILES string of the molecule is Cc1ccc(-n2nc(C(=O)Nc3ccccc3)n3c(=O)c(Cc4ccc(Cl)cc4)nnc23)cc1. The largest absolute Gasteiger partial charge is 0.319 e. The van der Waals surface area contributed by atoms with Gasteiger partial charge in [-0.1, -0.05) is 59.6 Å². The van der Waals surface area contributed by atoms with Crippen molar-refractivity contribution in [1.82, 2.24) is 24.4 Å². The van der Waals surface area contributed by atoms with Gasteiger partial charge >= 0.3 is 0 Å². The molecule has 8 nitrogen and oxygen atoms in total. The summed E-state index contributed by atoms with van der Waals surface area (Å²) in [5.74, 6) is -0.474. The number of nitrogens with zero attached hydrogens (tertiary/aromatic N) is 5. The molecule has 0 bridgehead atoms. The summed E-state index contributed by atoms with van der Waals surface area (Å²) in [7, 11) is 0. The van der Waals surface area contributed by atoms with E-state index in [1.54, 1.807) is 36.4 Å². The maximum absolute atomic E-state index is 13.5. The molecule has 2 aromatic heterocycles. The van der Waals surface area contributed by atoms with Crippen LogP contribution in [0.2, 0.25) is 5.02 Å². The quantitative estimate of drug-likeness (QED) is 0.417. The van der Waals surface area contributed by atoms with Crippen LogP contribution in [0, 0.1) is 6.92 Å². The first-order valence-electron chi connectivity index (χ1n) is 10.5. The fourth-order valence-electron chi connectivity index (χ4n) is 3.55. The highest BCUT2D eigenvalue weighted by Crippen LogP contribution is 2.16. The van der Waals surface area contributed by atoms with Crippen molar-refractivity contribution in [3.05, 3.63) is 117 Å². The topological polar surface area (TPSA) is 94.2 Å². The fraction of sp³-hybridized carbons (Fsp3) is 0.0800. The van der Waals surface area contributed by atoms with Gasteiger partial charge in [0.2, 0.25) is 5.82 Å². The van der Waals surface area contributed by atoms with Crippen LogP contribution in [0.25, 0.3) is 11.5 Å². The molecule has 0 aliphatic rings. The van der Waals surface area contributed by atoms with Crippen LogP contribution in [0.3, 0.4) is 0 Å². The third-order valence-corrected chi connectivity index (χ3v) is 5.56. The van der Waals surface area contributed by atoms with Gasteiger partial charge in [-0.15, -0.1) is 15.3 Å². The first-order valence-corrected chi connectivity index (χ1v) is 10.9. The third-order valence-electron chi connectivity index (χ3n) is 5.30. The second kappa shape index (κ2) is 8.92. The number of carbonyl (C=O) groups excluding carboxylic acids is 1. The average Bonchev–Trinajstić information content (AvgIpc) is 3.24. The molecule has 0 radical (unpaired) electrons. The Labute approximate surface area is 199 Å². The van der Waals surface area contributed by atoms with Gasteiger partial charge in [0, 0.05) is 17.1 Å². The van der Waals surface area contributed by atoms with Gasteiger partial charge in [0.05, 0.1) is 5.69 Å². The van der Waals surface area contributed by atoms with Crippen molar-refractivity contribution >= 4 is 29.0 Å². The fourth-order valence-corrected chi connectivity index (χ4v) is 3.67. The van der Waals surface area contributed by atoms with Crippen molar-refractivity contribution in [3.8, 4) is 5.69 Å². The number of benzene rings is 3. The van der Waals surface area contributed by atoms with Gasteiger partial charge in [-0.25, -0.2) is 4.40 Å². The number of aryl methyl sites for hydroxylation is 1. The molecule has 1 amide bonds. The first-order chi connectivity index (χ1) is 16.5. The molecule has 9 heteroatoms. The maximum Gasteiger partial charge on any atom is 0.294 e. The maximum atomic E-state index is 13.5. The number of rotatable bonds is 5. The molecule has 2 heterocycles. The summed E-state index contributed by atoms with van der Waals surface area (Å²) >= 11 is 5.97. The minimum Gasteiger partial charge on any atom is -0.319 e. The Balaban J connectivity index is 1.64. The highest BCUT2D eigenvalue weighted by molar-refractivity contribution is 6.30. The second-order valence-electron chi connectivity index (χ2n) is 7.78. The normalized spacial score (nSPS) is 11.0. The minimum absolute atomic E-state index is 0.0864. The van der Waals surface area contributed by atoms with Crippen LogP contribution in [0.1, 0.15) is 27.4 Å². The molecule has 5 aromatic rings. The molecule has 0 spiro atoms. The highest BCUT2D eigenvalue weighted by atomic mass is 35.5. The lowest BCUT2D eigenvalue weighted by atomic mass is 10.1. The molecule has 0 atom stereocenters. The van der Waals surface area contributed by atoms with Crippen LogP contribution in [0.15, 0.2) is 83.7 Å². The molecule has 168 valence electrons. The van der Waals surface area contributed by atoms with E-state index in [2.05, 4.69) is 20.6 Å². The molecule has 5 rings (SSSR count). The summed E-state index contributed by atoms with van der Waals surface area (Å²) in [6.07, 6.45) is 0.237. The monoisotopic (exact) mass is 470 g/mol. The third kappa shape index (κ3) is 4.18. The smallest absolute Gasteiger partial charge is 0.294 e. The zero-order valence-corrected chi connectivity index (χ0v) is 18.9. The lowest BCUT2D eigenvalue weighted by Gasteiger charge is -2.04. The number of fused-ring (bicyclic) bond motifs is 1. The molecule has 0 saturated heterocycles. The van der Waals surface area contributed by atoms with Crippen LogP contribution in [0.4, 0.5) is 5.69 Å². The van der Waals surface area contributed by atoms with Gasteiger partial charge in [0.1, 0.15) is 5.69 Å². The predicted molar refractivity (Wildman–Crippen MR) is 130 cm³/mol. The molecule has 3 aromatic carbocycles. The number of amides is 1. The van der Waals surface area contributed by atoms with Gasteiger partial charge < -0.3 is 5.32 Å². The number of anilines is 1. The number of aromatic nitrogens is 5. The van der Waals surface area contributed by atoms with E-state index in [4.69, 9.17) is 11.6 Å². The zero-order valence-electron chi connectivity index (χ0n) is 18.1. The Hall–Kier alpha value is -4.30. The van der Waals surface area contributed by atoms with Crippen LogP contribution in [-0.2, 0) is 6.42 Å². The van der Waals surface area contributed by atoms with E-state index in [1.807, 2.05) is 49.4 Å². The Bertz CT molecular complexity index is 1540. The molecular formula is C25H19ClN6O2. The van der Waals surface area contributed by atoms with Crippen molar-refractivity contribution in [3.63, 3.8) is 0 Å². The van der Waals surface area contributed by atoms with Gasteiger partial charge in [-0.3, -0.25) is 9.59 Å². The minimum atomic E-state index is -0.533. The van der Waals surface area contributed by atoms with Crippen molar-refractivity contribution in [1.29, 1.82) is 0 Å². The second-order valence-corrected chi connectivity index (χ2v) is 8.22. The van der Waals surface area contributed by atoms with E-state index in [-0.39, 0.29) is 23.7 Å². The zero-order chi connectivity index (χ0) is 23.7. The molecule has 0 unspecified atom stereocenters. The van der Waals surface area contributed by atoms with Gasteiger partial charge in [0.25, 0.3) is 17.2 Å². The van der Waals surface area contributed by atoms with Crippen molar-refractivity contribution < 1.29 is 4.79 Å². The number of carbonyl (C=O) groups is 1.